The average molecular weight is 316 g/mol. The van der Waals surface area contributed by atoms with Gasteiger partial charge in [-0.1, -0.05) is 75.6 Å². The van der Waals surface area contributed by atoms with Gasteiger partial charge in [-0.2, -0.15) is 0 Å². The fraction of sp³-hybridized carbons (Fsp3) is 0.526. The second-order valence-corrected chi connectivity index (χ2v) is 12.7. The maximum absolute atomic E-state index is 5.84. The highest BCUT2D eigenvalue weighted by molar-refractivity contribution is 6.80. The Hall–Kier alpha value is -1.35. The molecule has 22 heavy (non-hydrogen) atoms. The van der Waals surface area contributed by atoms with Crippen LogP contribution in [0.25, 0.3) is 0 Å². The lowest BCUT2D eigenvalue weighted by atomic mass is 9.96. The molecule has 120 valence electrons. The lowest BCUT2D eigenvalue weighted by molar-refractivity contribution is 0.285. The average Bonchev–Trinajstić information content (AvgIpc) is 2.92. The summed E-state index contributed by atoms with van der Waals surface area (Å²) in [6, 6.07) is 11.0. The maximum Gasteiger partial charge on any atom is 0.184 e. The van der Waals surface area contributed by atoms with Crippen LogP contribution in [0.2, 0.25) is 19.6 Å². The number of ether oxygens (including phenoxy) is 1. The second kappa shape index (κ2) is 7.27. The summed E-state index contributed by atoms with van der Waals surface area (Å²) in [7, 11) is -1.20. The minimum absolute atomic E-state index is 0.326. The summed E-state index contributed by atoms with van der Waals surface area (Å²) in [6.45, 7) is 12.3. The van der Waals surface area contributed by atoms with Crippen LogP contribution in [0.5, 0.6) is 0 Å². The van der Waals surface area contributed by atoms with Crippen molar-refractivity contribution in [1.82, 2.24) is 0 Å². The SMILES string of the molecule is CC(C)[C@H]1COC(C[C@H](/C=C/[Si](C)(C)C)c2ccccc2)=N1. The Bertz CT molecular complexity index is 528. The van der Waals surface area contributed by atoms with Crippen LogP contribution < -0.4 is 0 Å². The van der Waals surface area contributed by atoms with E-state index >= 15 is 0 Å². The molecule has 0 amide bonds. The molecular weight excluding hydrogens is 286 g/mol. The first-order valence-corrected chi connectivity index (χ1v) is 11.9. The zero-order valence-corrected chi connectivity index (χ0v) is 15.5. The molecule has 0 unspecified atom stereocenters. The van der Waals surface area contributed by atoms with Gasteiger partial charge in [0.15, 0.2) is 5.90 Å². The molecule has 1 aliphatic rings. The molecule has 1 heterocycles. The van der Waals surface area contributed by atoms with E-state index in [1.165, 1.54) is 5.56 Å². The van der Waals surface area contributed by atoms with Crippen molar-refractivity contribution >= 4 is 14.0 Å². The Labute approximate surface area is 136 Å². The quantitative estimate of drug-likeness (QED) is 0.673. The molecule has 0 N–H and O–H groups in total. The molecule has 0 spiro atoms. The second-order valence-electron chi connectivity index (χ2n) is 7.59. The monoisotopic (exact) mass is 315 g/mol. The summed E-state index contributed by atoms with van der Waals surface area (Å²) in [5.74, 6) is 1.83. The van der Waals surface area contributed by atoms with Crippen LogP contribution in [-0.2, 0) is 4.74 Å². The minimum atomic E-state index is -1.20. The largest absolute Gasteiger partial charge is 0.479 e. The van der Waals surface area contributed by atoms with Crippen molar-refractivity contribution < 1.29 is 4.74 Å². The summed E-state index contributed by atoms with van der Waals surface area (Å²) in [6.07, 6.45) is 3.24. The van der Waals surface area contributed by atoms with Gasteiger partial charge < -0.3 is 4.74 Å². The third-order valence-electron chi connectivity index (χ3n) is 3.95. The number of hydrogen-bond donors (Lipinski definition) is 0. The molecule has 1 aromatic carbocycles. The van der Waals surface area contributed by atoms with E-state index < -0.39 is 8.07 Å². The molecule has 2 nitrogen and oxygen atoms in total. The van der Waals surface area contributed by atoms with Gasteiger partial charge >= 0.3 is 0 Å². The smallest absolute Gasteiger partial charge is 0.184 e. The molecule has 1 aromatic rings. The first-order valence-electron chi connectivity index (χ1n) is 8.29. The summed E-state index contributed by atoms with van der Waals surface area (Å²) < 4.78 is 5.84. The first kappa shape index (κ1) is 17.0. The van der Waals surface area contributed by atoms with Crippen molar-refractivity contribution in [3.63, 3.8) is 0 Å². The van der Waals surface area contributed by atoms with E-state index in [2.05, 4.69) is 75.6 Å². The fourth-order valence-electron chi connectivity index (χ4n) is 2.48. The van der Waals surface area contributed by atoms with E-state index in [1.807, 2.05) is 0 Å². The van der Waals surface area contributed by atoms with E-state index in [0.29, 0.717) is 17.9 Å². The van der Waals surface area contributed by atoms with Crippen LogP contribution in [0.15, 0.2) is 47.1 Å². The topological polar surface area (TPSA) is 21.6 Å². The molecule has 2 atom stereocenters. The van der Waals surface area contributed by atoms with Gasteiger partial charge in [0.05, 0.1) is 14.1 Å². The Kier molecular flexibility index (Phi) is 5.62. The lowest BCUT2D eigenvalue weighted by Gasteiger charge is -2.16. The Morgan fingerprint density at radius 3 is 2.45 bits per heavy atom. The summed E-state index contributed by atoms with van der Waals surface area (Å²) in [5, 5.41) is 0. The molecule has 2 rings (SSSR count). The van der Waals surface area contributed by atoms with Crippen LogP contribution in [0.3, 0.4) is 0 Å². The summed E-state index contributed by atoms with van der Waals surface area (Å²) in [4.78, 5) is 4.77. The number of rotatable bonds is 6. The zero-order valence-electron chi connectivity index (χ0n) is 14.5. The number of nitrogens with zero attached hydrogens (tertiary/aromatic N) is 1. The molecule has 1 aliphatic heterocycles. The van der Waals surface area contributed by atoms with Crippen molar-refractivity contribution in [2.24, 2.45) is 10.9 Å². The lowest BCUT2D eigenvalue weighted by Crippen LogP contribution is -2.16. The highest BCUT2D eigenvalue weighted by Crippen LogP contribution is 2.26. The molecule has 0 fully saturated rings. The Morgan fingerprint density at radius 2 is 1.91 bits per heavy atom. The van der Waals surface area contributed by atoms with Gasteiger partial charge in [0.1, 0.15) is 6.61 Å². The molecule has 0 radical (unpaired) electrons. The van der Waals surface area contributed by atoms with Crippen LogP contribution in [0.4, 0.5) is 0 Å². The summed E-state index contributed by atoms with van der Waals surface area (Å²) >= 11 is 0. The third kappa shape index (κ3) is 5.13. The van der Waals surface area contributed by atoms with Crippen molar-refractivity contribution in [2.45, 2.75) is 51.9 Å². The van der Waals surface area contributed by atoms with E-state index in [-0.39, 0.29) is 0 Å². The molecule has 0 saturated carbocycles. The molecule has 0 saturated heterocycles. The van der Waals surface area contributed by atoms with E-state index in [1.54, 1.807) is 0 Å². The zero-order chi connectivity index (χ0) is 16.2. The first-order chi connectivity index (χ1) is 10.3. The molecule has 0 aliphatic carbocycles. The number of benzene rings is 1. The highest BCUT2D eigenvalue weighted by Gasteiger charge is 2.24. The van der Waals surface area contributed by atoms with Crippen LogP contribution in [0.1, 0.15) is 31.7 Å². The molecule has 0 bridgehead atoms. The van der Waals surface area contributed by atoms with Gasteiger partial charge in [0, 0.05) is 12.3 Å². The van der Waals surface area contributed by atoms with Gasteiger partial charge in [-0.3, -0.25) is 0 Å². The van der Waals surface area contributed by atoms with Crippen molar-refractivity contribution in [3.05, 3.63) is 47.7 Å². The number of aliphatic imine (C=N–C) groups is 1. The number of allylic oxidation sites excluding steroid dienone is 1. The number of hydrogen-bond acceptors (Lipinski definition) is 2. The third-order valence-corrected chi connectivity index (χ3v) is 5.14. The Balaban J connectivity index is 2.16. The van der Waals surface area contributed by atoms with E-state index in [4.69, 9.17) is 9.73 Å². The Morgan fingerprint density at radius 1 is 1.23 bits per heavy atom. The molecule has 0 aromatic heterocycles. The molecular formula is C19H29NOSi. The van der Waals surface area contributed by atoms with Crippen molar-refractivity contribution in [2.75, 3.05) is 6.61 Å². The van der Waals surface area contributed by atoms with Gasteiger partial charge in [0.25, 0.3) is 0 Å². The maximum atomic E-state index is 5.84. The fourth-order valence-corrected chi connectivity index (χ4v) is 3.29. The molecule has 3 heteroatoms. The minimum Gasteiger partial charge on any atom is -0.479 e. The van der Waals surface area contributed by atoms with Crippen molar-refractivity contribution in [3.8, 4) is 0 Å². The highest BCUT2D eigenvalue weighted by atomic mass is 28.3. The van der Waals surface area contributed by atoms with Gasteiger partial charge in [-0.25, -0.2) is 4.99 Å². The predicted molar refractivity (Wildman–Crippen MR) is 98.3 cm³/mol. The van der Waals surface area contributed by atoms with E-state index in [9.17, 15) is 0 Å². The van der Waals surface area contributed by atoms with Crippen molar-refractivity contribution in [1.29, 1.82) is 0 Å². The van der Waals surface area contributed by atoms with Crippen LogP contribution >= 0.6 is 0 Å². The predicted octanol–water partition coefficient (Wildman–Crippen LogP) is 5.05. The van der Waals surface area contributed by atoms with Gasteiger partial charge in [-0.15, -0.1) is 0 Å². The van der Waals surface area contributed by atoms with Crippen LogP contribution in [-0.4, -0.2) is 26.6 Å². The van der Waals surface area contributed by atoms with Gasteiger partial charge in [-0.05, 0) is 11.5 Å². The standard InChI is InChI=1S/C19H29NOSi/c1-15(2)18-14-21-19(20-18)13-17(11-12-22(3,4)5)16-9-7-6-8-10-16/h6-12,15,17-18H,13-14H2,1-5H3/b12-11+/t17-,18+/m0/s1. The normalized spacial score (nSPS) is 20.3. The summed E-state index contributed by atoms with van der Waals surface area (Å²) in [5.41, 5.74) is 3.77. The van der Waals surface area contributed by atoms with E-state index in [0.717, 1.165) is 18.9 Å². The van der Waals surface area contributed by atoms with Crippen LogP contribution in [0, 0.1) is 5.92 Å². The van der Waals surface area contributed by atoms with Gasteiger partial charge in [0.2, 0.25) is 0 Å².